The van der Waals surface area contributed by atoms with Crippen molar-refractivity contribution >= 4 is 46.1 Å². The Bertz CT molecular complexity index is 1710. The molecule has 0 atom stereocenters. The van der Waals surface area contributed by atoms with Gasteiger partial charge in [0.2, 0.25) is 0 Å². The Morgan fingerprint density at radius 1 is 1.18 bits per heavy atom. The lowest BCUT2D eigenvalue weighted by molar-refractivity contribution is -0.384. The molecule has 192 valence electrons. The van der Waals surface area contributed by atoms with Gasteiger partial charge in [0.15, 0.2) is 5.65 Å². The minimum Gasteiger partial charge on any atom is -0.455 e. The topological polar surface area (TPSA) is 129 Å². The molecule has 0 aliphatic carbocycles. The summed E-state index contributed by atoms with van der Waals surface area (Å²) in [5.41, 5.74) is 2.74. The van der Waals surface area contributed by atoms with Crippen molar-refractivity contribution in [1.82, 2.24) is 24.4 Å². The van der Waals surface area contributed by atoms with Crippen LogP contribution in [0.3, 0.4) is 0 Å². The summed E-state index contributed by atoms with van der Waals surface area (Å²) in [4.78, 5) is 28.5. The van der Waals surface area contributed by atoms with Crippen molar-refractivity contribution in [3.8, 4) is 22.8 Å². The number of ether oxygens (including phenoxy) is 1. The number of nitrogens with zero attached hydrogens (tertiary/aromatic N) is 6. The number of aromatic nitrogens is 5. The largest absolute Gasteiger partial charge is 0.455 e. The second-order valence-corrected chi connectivity index (χ2v) is 9.05. The number of anilines is 1. The number of amides is 1. The van der Waals surface area contributed by atoms with Crippen molar-refractivity contribution in [2.75, 3.05) is 5.32 Å². The molecule has 0 fully saturated rings. The number of halogens is 2. The van der Waals surface area contributed by atoms with Crippen molar-refractivity contribution in [2.24, 2.45) is 0 Å². The van der Waals surface area contributed by atoms with Crippen LogP contribution in [0.25, 0.3) is 16.9 Å². The number of carbonyl (C=O) groups excluding carboxylic acids is 1. The van der Waals surface area contributed by atoms with Gasteiger partial charge in [-0.05, 0) is 38.1 Å². The Labute approximate surface area is 225 Å². The van der Waals surface area contributed by atoms with E-state index in [0.29, 0.717) is 17.2 Å². The number of nitro groups is 1. The van der Waals surface area contributed by atoms with E-state index < -0.39 is 10.8 Å². The highest BCUT2D eigenvalue weighted by Crippen LogP contribution is 2.35. The molecule has 0 bridgehead atoms. The molecule has 0 saturated heterocycles. The number of carbonyl (C=O) groups is 1. The van der Waals surface area contributed by atoms with Gasteiger partial charge in [-0.1, -0.05) is 23.2 Å². The van der Waals surface area contributed by atoms with Gasteiger partial charge in [0, 0.05) is 41.7 Å². The third kappa shape index (κ3) is 4.89. The van der Waals surface area contributed by atoms with Gasteiger partial charge in [-0.15, -0.1) is 0 Å². The molecule has 0 aliphatic heterocycles. The molecule has 5 rings (SSSR count). The first kappa shape index (κ1) is 25.2. The summed E-state index contributed by atoms with van der Waals surface area (Å²) >= 11 is 12.1. The first-order chi connectivity index (χ1) is 18.2. The molecule has 0 spiro atoms. The lowest BCUT2D eigenvalue weighted by Crippen LogP contribution is -2.12. The predicted octanol–water partition coefficient (Wildman–Crippen LogP) is 6.18. The van der Waals surface area contributed by atoms with E-state index in [0.717, 1.165) is 17.0 Å². The molecule has 1 N–H and O–H groups in total. The van der Waals surface area contributed by atoms with Crippen LogP contribution in [0.5, 0.6) is 11.5 Å². The Morgan fingerprint density at radius 3 is 2.71 bits per heavy atom. The van der Waals surface area contributed by atoms with E-state index >= 15 is 0 Å². The van der Waals surface area contributed by atoms with Crippen LogP contribution >= 0.6 is 23.2 Å². The minimum absolute atomic E-state index is 0.0995. The van der Waals surface area contributed by atoms with Gasteiger partial charge in [0.25, 0.3) is 11.6 Å². The summed E-state index contributed by atoms with van der Waals surface area (Å²) in [5, 5.41) is 23.7. The SMILES string of the molecule is CCn1cc(-c2ccnc3c(C(=O)Nc4cc(Oc5ccc(Cl)cc5Cl)cc([N+](=O)[O-])c4)cnn23)c(C)n1. The number of rotatable bonds is 7. The van der Waals surface area contributed by atoms with Crippen LogP contribution in [0.4, 0.5) is 11.4 Å². The molecule has 0 radical (unpaired) electrons. The van der Waals surface area contributed by atoms with Crippen molar-refractivity contribution in [3.05, 3.63) is 92.5 Å². The van der Waals surface area contributed by atoms with Crippen LogP contribution in [0.15, 0.2) is 61.1 Å². The summed E-state index contributed by atoms with van der Waals surface area (Å²) < 4.78 is 9.11. The average molecular weight is 552 g/mol. The van der Waals surface area contributed by atoms with E-state index in [2.05, 4.69) is 20.5 Å². The van der Waals surface area contributed by atoms with Gasteiger partial charge in [-0.2, -0.15) is 10.2 Å². The van der Waals surface area contributed by atoms with Gasteiger partial charge in [-0.3, -0.25) is 19.6 Å². The number of non-ortho nitro benzene ring substituents is 1. The molecule has 1 amide bonds. The first-order valence-corrected chi connectivity index (χ1v) is 12.1. The van der Waals surface area contributed by atoms with E-state index in [1.165, 1.54) is 36.5 Å². The molecule has 0 saturated carbocycles. The normalized spacial score (nSPS) is 11.1. The number of hydrogen-bond donors (Lipinski definition) is 1. The highest BCUT2D eigenvalue weighted by Gasteiger charge is 2.20. The number of hydrogen-bond acceptors (Lipinski definition) is 7. The summed E-state index contributed by atoms with van der Waals surface area (Å²) in [5.74, 6) is -0.209. The summed E-state index contributed by atoms with van der Waals surface area (Å²) in [6.45, 7) is 4.59. The number of aryl methyl sites for hydroxylation is 2. The Morgan fingerprint density at radius 2 is 2.00 bits per heavy atom. The lowest BCUT2D eigenvalue weighted by Gasteiger charge is -2.10. The van der Waals surface area contributed by atoms with Gasteiger partial charge < -0.3 is 10.1 Å². The third-order valence-corrected chi connectivity index (χ3v) is 6.20. The van der Waals surface area contributed by atoms with Gasteiger partial charge in [0.1, 0.15) is 17.1 Å². The molecule has 13 heteroatoms. The van der Waals surface area contributed by atoms with Crippen molar-refractivity contribution in [2.45, 2.75) is 20.4 Å². The molecular weight excluding hydrogens is 533 g/mol. The van der Waals surface area contributed by atoms with Crippen molar-refractivity contribution < 1.29 is 14.5 Å². The second-order valence-electron chi connectivity index (χ2n) is 8.21. The number of fused-ring (bicyclic) bond motifs is 1. The standard InChI is InChI=1S/C25H19Cl2N7O4/c1-3-32-13-20(14(2)31-32)22-6-7-28-24-19(12-29-33(22)24)25(35)30-16-9-17(34(36)37)11-18(10-16)38-23-5-4-15(26)8-21(23)27/h4-13H,3H2,1-2H3,(H,30,35). The zero-order valence-corrected chi connectivity index (χ0v) is 21.6. The Hall–Kier alpha value is -4.48. The van der Waals surface area contributed by atoms with E-state index in [-0.39, 0.29) is 33.5 Å². The Kier molecular flexibility index (Phi) is 6.70. The molecule has 2 aromatic carbocycles. The molecule has 38 heavy (non-hydrogen) atoms. The zero-order chi connectivity index (χ0) is 27.0. The molecule has 11 nitrogen and oxygen atoms in total. The summed E-state index contributed by atoms with van der Waals surface area (Å²) in [6, 6.07) is 10.3. The van der Waals surface area contributed by atoms with Crippen LogP contribution in [0.1, 0.15) is 23.0 Å². The summed E-state index contributed by atoms with van der Waals surface area (Å²) in [6.07, 6.45) is 4.88. The van der Waals surface area contributed by atoms with E-state index in [9.17, 15) is 14.9 Å². The molecular formula is C25H19Cl2N7O4. The lowest BCUT2D eigenvalue weighted by atomic mass is 10.2. The number of benzene rings is 2. The van der Waals surface area contributed by atoms with Crippen molar-refractivity contribution in [3.63, 3.8) is 0 Å². The van der Waals surface area contributed by atoms with Crippen LogP contribution in [0.2, 0.25) is 10.0 Å². The average Bonchev–Trinajstić information content (AvgIpc) is 3.49. The van der Waals surface area contributed by atoms with E-state index in [1.807, 2.05) is 24.7 Å². The van der Waals surface area contributed by atoms with E-state index in [1.54, 1.807) is 22.8 Å². The molecule has 3 aromatic heterocycles. The zero-order valence-electron chi connectivity index (χ0n) is 20.1. The Balaban J connectivity index is 1.47. The van der Waals surface area contributed by atoms with Gasteiger partial charge in [0.05, 0.1) is 39.3 Å². The fourth-order valence-corrected chi connectivity index (χ4v) is 4.34. The third-order valence-electron chi connectivity index (χ3n) is 5.67. The predicted molar refractivity (Wildman–Crippen MR) is 142 cm³/mol. The molecule has 0 aliphatic rings. The quantitative estimate of drug-likeness (QED) is 0.189. The highest BCUT2D eigenvalue weighted by molar-refractivity contribution is 6.35. The van der Waals surface area contributed by atoms with E-state index in [4.69, 9.17) is 27.9 Å². The van der Waals surface area contributed by atoms with Crippen LogP contribution in [-0.4, -0.2) is 35.2 Å². The van der Waals surface area contributed by atoms with Crippen molar-refractivity contribution in [1.29, 1.82) is 0 Å². The van der Waals surface area contributed by atoms with Crippen LogP contribution < -0.4 is 10.1 Å². The second kappa shape index (κ2) is 10.1. The summed E-state index contributed by atoms with van der Waals surface area (Å²) in [7, 11) is 0. The fraction of sp³-hybridized carbons (Fsp3) is 0.120. The van der Waals surface area contributed by atoms with Crippen LogP contribution in [-0.2, 0) is 6.54 Å². The highest BCUT2D eigenvalue weighted by atomic mass is 35.5. The molecule has 0 unspecified atom stereocenters. The van der Waals surface area contributed by atoms with Gasteiger partial charge in [-0.25, -0.2) is 9.50 Å². The minimum atomic E-state index is -0.589. The smallest absolute Gasteiger partial charge is 0.275 e. The molecule has 5 aromatic rings. The maximum absolute atomic E-state index is 13.2. The van der Waals surface area contributed by atoms with Gasteiger partial charge >= 0.3 is 0 Å². The van der Waals surface area contributed by atoms with Crippen LogP contribution in [0, 0.1) is 17.0 Å². The molecule has 3 heterocycles. The fourth-order valence-electron chi connectivity index (χ4n) is 3.89. The number of nitro benzene ring substituents is 1. The first-order valence-electron chi connectivity index (χ1n) is 11.3. The number of nitrogens with one attached hydrogen (secondary N) is 1. The maximum atomic E-state index is 13.2. The monoisotopic (exact) mass is 551 g/mol. The maximum Gasteiger partial charge on any atom is 0.275 e.